The van der Waals surface area contributed by atoms with E-state index in [4.69, 9.17) is 10.5 Å². The first-order valence-corrected chi connectivity index (χ1v) is 7.79. The molecule has 2 N–H and O–H groups in total. The third-order valence-electron chi connectivity index (χ3n) is 3.40. The molecule has 3 rings (SSSR count). The van der Waals surface area contributed by atoms with E-state index in [0.29, 0.717) is 17.4 Å². The van der Waals surface area contributed by atoms with Crippen molar-refractivity contribution in [3.8, 4) is 11.5 Å². The normalized spacial score (nSPS) is 11.2. The minimum absolute atomic E-state index is 0.512. The smallest absolute Gasteiger partial charge is 0.152 e. The Kier molecular flexibility index (Phi) is 3.55. The number of ether oxygens (including phenoxy) is 1. The van der Waals surface area contributed by atoms with E-state index in [1.165, 1.54) is 5.56 Å². The van der Waals surface area contributed by atoms with Gasteiger partial charge in [-0.1, -0.05) is 26.0 Å². The second-order valence-corrected chi connectivity index (χ2v) is 6.65. The van der Waals surface area contributed by atoms with E-state index in [0.717, 1.165) is 21.0 Å². The van der Waals surface area contributed by atoms with Crippen LogP contribution in [0.25, 0.3) is 10.2 Å². The SMILES string of the molecule is Cc1nc2cc(Oc3ccc(C(C)C)cc3)c(N)cc2s1. The average molecular weight is 298 g/mol. The molecule has 0 aliphatic rings. The number of nitrogens with two attached hydrogens (primary N) is 1. The molecule has 21 heavy (non-hydrogen) atoms. The molecule has 0 fully saturated rings. The van der Waals surface area contributed by atoms with Crippen LogP contribution in [0.3, 0.4) is 0 Å². The van der Waals surface area contributed by atoms with Crippen molar-refractivity contribution in [2.75, 3.05) is 5.73 Å². The molecule has 0 saturated carbocycles. The summed E-state index contributed by atoms with van der Waals surface area (Å²) in [4.78, 5) is 4.48. The molecule has 0 radical (unpaired) electrons. The summed E-state index contributed by atoms with van der Waals surface area (Å²) < 4.78 is 6.99. The quantitative estimate of drug-likeness (QED) is 0.684. The molecular weight excluding hydrogens is 280 g/mol. The molecule has 4 heteroatoms. The lowest BCUT2D eigenvalue weighted by molar-refractivity contribution is 0.485. The fourth-order valence-electron chi connectivity index (χ4n) is 2.22. The van der Waals surface area contributed by atoms with E-state index in [-0.39, 0.29) is 0 Å². The fourth-order valence-corrected chi connectivity index (χ4v) is 3.08. The van der Waals surface area contributed by atoms with Gasteiger partial charge in [0.05, 0.1) is 20.9 Å². The topological polar surface area (TPSA) is 48.1 Å². The predicted molar refractivity (Wildman–Crippen MR) is 89.4 cm³/mol. The molecule has 3 aromatic rings. The number of anilines is 1. The van der Waals surface area contributed by atoms with Crippen LogP contribution in [0.4, 0.5) is 5.69 Å². The summed E-state index contributed by atoms with van der Waals surface area (Å²) in [6.07, 6.45) is 0. The van der Waals surface area contributed by atoms with Gasteiger partial charge in [-0.3, -0.25) is 0 Å². The van der Waals surface area contributed by atoms with E-state index in [2.05, 4.69) is 31.0 Å². The molecule has 0 bridgehead atoms. The Hall–Kier alpha value is -2.07. The van der Waals surface area contributed by atoms with Crippen LogP contribution in [0.1, 0.15) is 30.3 Å². The number of nitrogen functional groups attached to an aromatic ring is 1. The van der Waals surface area contributed by atoms with Crippen molar-refractivity contribution >= 4 is 27.2 Å². The summed E-state index contributed by atoms with van der Waals surface area (Å²) in [6, 6.07) is 12.0. The van der Waals surface area contributed by atoms with Gasteiger partial charge in [-0.25, -0.2) is 4.98 Å². The van der Waals surface area contributed by atoms with E-state index < -0.39 is 0 Å². The zero-order valence-corrected chi connectivity index (χ0v) is 13.2. The Morgan fingerprint density at radius 3 is 2.52 bits per heavy atom. The van der Waals surface area contributed by atoms with Crippen LogP contribution in [0.15, 0.2) is 36.4 Å². The average Bonchev–Trinajstić information content (AvgIpc) is 2.79. The summed E-state index contributed by atoms with van der Waals surface area (Å²) in [5.41, 5.74) is 8.94. The van der Waals surface area contributed by atoms with Crippen LogP contribution >= 0.6 is 11.3 Å². The zero-order valence-electron chi connectivity index (χ0n) is 12.4. The van der Waals surface area contributed by atoms with Gasteiger partial charge in [0.1, 0.15) is 5.75 Å². The van der Waals surface area contributed by atoms with Gasteiger partial charge in [-0.15, -0.1) is 11.3 Å². The lowest BCUT2D eigenvalue weighted by Crippen LogP contribution is -1.93. The number of hydrogen-bond donors (Lipinski definition) is 1. The molecule has 0 aliphatic heterocycles. The maximum atomic E-state index is 6.08. The number of aromatic nitrogens is 1. The molecule has 1 aromatic heterocycles. The molecule has 3 nitrogen and oxygen atoms in total. The number of nitrogens with zero attached hydrogens (tertiary/aromatic N) is 1. The van der Waals surface area contributed by atoms with E-state index in [9.17, 15) is 0 Å². The Bertz CT molecular complexity index is 775. The number of benzene rings is 2. The first-order chi connectivity index (χ1) is 10.0. The fraction of sp³-hybridized carbons (Fsp3) is 0.235. The highest BCUT2D eigenvalue weighted by Crippen LogP contribution is 2.34. The van der Waals surface area contributed by atoms with Crippen molar-refractivity contribution in [1.29, 1.82) is 0 Å². The van der Waals surface area contributed by atoms with Crippen molar-refractivity contribution in [1.82, 2.24) is 4.98 Å². The molecule has 0 atom stereocenters. The number of hydrogen-bond acceptors (Lipinski definition) is 4. The molecule has 0 amide bonds. The Morgan fingerprint density at radius 2 is 1.86 bits per heavy atom. The number of thiazole rings is 1. The molecule has 1 heterocycles. The Balaban J connectivity index is 1.91. The van der Waals surface area contributed by atoms with Gasteiger partial charge in [0.2, 0.25) is 0 Å². The highest BCUT2D eigenvalue weighted by molar-refractivity contribution is 7.18. The molecular formula is C17H18N2OS. The van der Waals surface area contributed by atoms with Gasteiger partial charge in [0, 0.05) is 6.07 Å². The van der Waals surface area contributed by atoms with Gasteiger partial charge in [0.25, 0.3) is 0 Å². The van der Waals surface area contributed by atoms with Gasteiger partial charge in [0.15, 0.2) is 5.75 Å². The summed E-state index contributed by atoms with van der Waals surface area (Å²) in [7, 11) is 0. The van der Waals surface area contributed by atoms with Crippen LogP contribution < -0.4 is 10.5 Å². The van der Waals surface area contributed by atoms with Crippen molar-refractivity contribution in [2.45, 2.75) is 26.7 Å². The second-order valence-electron chi connectivity index (χ2n) is 5.42. The van der Waals surface area contributed by atoms with Crippen LogP contribution in [0, 0.1) is 6.92 Å². The summed E-state index contributed by atoms with van der Waals surface area (Å²) in [6.45, 7) is 6.34. The zero-order chi connectivity index (χ0) is 15.0. The van der Waals surface area contributed by atoms with Crippen molar-refractivity contribution in [3.63, 3.8) is 0 Å². The van der Waals surface area contributed by atoms with Crippen molar-refractivity contribution < 1.29 is 4.74 Å². The molecule has 0 aliphatic carbocycles. The summed E-state index contributed by atoms with van der Waals surface area (Å²) >= 11 is 1.64. The number of rotatable bonds is 3. The highest BCUT2D eigenvalue weighted by atomic mass is 32.1. The first-order valence-electron chi connectivity index (χ1n) is 6.97. The molecule has 0 spiro atoms. The van der Waals surface area contributed by atoms with E-state index >= 15 is 0 Å². The Labute approximate surface area is 128 Å². The third-order valence-corrected chi connectivity index (χ3v) is 4.34. The Morgan fingerprint density at radius 1 is 1.14 bits per heavy atom. The molecule has 2 aromatic carbocycles. The number of fused-ring (bicyclic) bond motifs is 1. The molecule has 0 saturated heterocycles. The van der Waals surface area contributed by atoms with E-state index in [1.807, 2.05) is 31.2 Å². The predicted octanol–water partition coefficient (Wildman–Crippen LogP) is 5.10. The van der Waals surface area contributed by atoms with Crippen LogP contribution in [0.2, 0.25) is 0 Å². The van der Waals surface area contributed by atoms with Crippen LogP contribution in [-0.4, -0.2) is 4.98 Å². The maximum Gasteiger partial charge on any atom is 0.152 e. The molecule has 108 valence electrons. The summed E-state index contributed by atoms with van der Waals surface area (Å²) in [5.74, 6) is 1.96. The monoisotopic (exact) mass is 298 g/mol. The largest absolute Gasteiger partial charge is 0.455 e. The first kappa shape index (κ1) is 13.9. The maximum absolute atomic E-state index is 6.08. The van der Waals surface area contributed by atoms with Gasteiger partial charge in [-0.2, -0.15) is 0 Å². The summed E-state index contributed by atoms with van der Waals surface area (Å²) in [5, 5.41) is 1.03. The number of aryl methyl sites for hydroxylation is 1. The lowest BCUT2D eigenvalue weighted by Gasteiger charge is -2.10. The minimum atomic E-state index is 0.512. The third kappa shape index (κ3) is 2.85. The van der Waals surface area contributed by atoms with Crippen LogP contribution in [-0.2, 0) is 0 Å². The van der Waals surface area contributed by atoms with Crippen molar-refractivity contribution in [3.05, 3.63) is 47.0 Å². The second kappa shape index (κ2) is 5.37. The van der Waals surface area contributed by atoms with Gasteiger partial charge < -0.3 is 10.5 Å². The standard InChI is InChI=1S/C17H18N2OS/c1-10(2)12-4-6-13(7-5-12)20-16-9-15-17(8-14(16)18)21-11(3)19-15/h4-10H,18H2,1-3H3. The minimum Gasteiger partial charge on any atom is -0.455 e. The van der Waals surface area contributed by atoms with Gasteiger partial charge >= 0.3 is 0 Å². The van der Waals surface area contributed by atoms with Crippen LogP contribution in [0.5, 0.6) is 11.5 Å². The highest BCUT2D eigenvalue weighted by Gasteiger charge is 2.08. The van der Waals surface area contributed by atoms with Gasteiger partial charge in [-0.05, 0) is 36.6 Å². The van der Waals surface area contributed by atoms with Crippen molar-refractivity contribution in [2.24, 2.45) is 0 Å². The molecule has 0 unspecified atom stereocenters. The van der Waals surface area contributed by atoms with E-state index in [1.54, 1.807) is 11.3 Å². The lowest BCUT2D eigenvalue weighted by atomic mass is 10.0.